The predicted molar refractivity (Wildman–Crippen MR) is 72.6 cm³/mol. The van der Waals surface area contributed by atoms with Crippen LogP contribution in [-0.2, 0) is 22.6 Å². The predicted octanol–water partition coefficient (Wildman–Crippen LogP) is 0.0134. The SMILES string of the molecule is CCNC(=O)CCn1c(C)c(CC(=O)O)c(C)nc1=O. The molecule has 1 aromatic rings. The zero-order valence-corrected chi connectivity index (χ0v) is 11.9. The molecule has 1 heterocycles. The monoisotopic (exact) mass is 281 g/mol. The van der Waals surface area contributed by atoms with E-state index in [-0.39, 0.29) is 25.3 Å². The van der Waals surface area contributed by atoms with Crippen LogP contribution in [0.3, 0.4) is 0 Å². The van der Waals surface area contributed by atoms with E-state index in [2.05, 4.69) is 10.3 Å². The molecule has 0 aliphatic rings. The molecule has 110 valence electrons. The van der Waals surface area contributed by atoms with E-state index in [0.29, 0.717) is 23.5 Å². The zero-order chi connectivity index (χ0) is 15.3. The molecule has 1 amide bonds. The summed E-state index contributed by atoms with van der Waals surface area (Å²) in [6, 6.07) is 0. The number of carboxylic acids is 1. The number of amides is 1. The minimum Gasteiger partial charge on any atom is -0.481 e. The molecule has 20 heavy (non-hydrogen) atoms. The van der Waals surface area contributed by atoms with Crippen molar-refractivity contribution in [2.45, 2.75) is 40.2 Å². The molecule has 0 radical (unpaired) electrons. The summed E-state index contributed by atoms with van der Waals surface area (Å²) in [6.45, 7) is 5.82. The lowest BCUT2D eigenvalue weighted by atomic mass is 10.1. The summed E-state index contributed by atoms with van der Waals surface area (Å²) in [6.07, 6.45) is -0.0298. The fraction of sp³-hybridized carbons (Fsp3) is 0.538. The summed E-state index contributed by atoms with van der Waals surface area (Å²) in [5.74, 6) is -1.13. The zero-order valence-electron chi connectivity index (χ0n) is 11.9. The van der Waals surface area contributed by atoms with Crippen molar-refractivity contribution in [1.29, 1.82) is 0 Å². The number of aliphatic carboxylic acids is 1. The van der Waals surface area contributed by atoms with Crippen molar-refractivity contribution < 1.29 is 14.7 Å². The van der Waals surface area contributed by atoms with Crippen molar-refractivity contribution in [3.8, 4) is 0 Å². The molecule has 0 saturated carbocycles. The highest BCUT2D eigenvalue weighted by atomic mass is 16.4. The Morgan fingerprint density at radius 3 is 2.55 bits per heavy atom. The van der Waals surface area contributed by atoms with Gasteiger partial charge in [0.05, 0.1) is 6.42 Å². The second-order valence-corrected chi connectivity index (χ2v) is 4.47. The van der Waals surface area contributed by atoms with Crippen LogP contribution in [0.5, 0.6) is 0 Å². The van der Waals surface area contributed by atoms with E-state index in [1.165, 1.54) is 4.57 Å². The van der Waals surface area contributed by atoms with Crippen molar-refractivity contribution >= 4 is 11.9 Å². The van der Waals surface area contributed by atoms with Crippen LogP contribution >= 0.6 is 0 Å². The first kappa shape index (κ1) is 15.9. The Balaban J connectivity index is 3.04. The number of nitrogens with zero attached hydrogens (tertiary/aromatic N) is 2. The molecule has 0 aliphatic heterocycles. The normalized spacial score (nSPS) is 10.3. The van der Waals surface area contributed by atoms with E-state index in [9.17, 15) is 14.4 Å². The largest absolute Gasteiger partial charge is 0.481 e. The maximum Gasteiger partial charge on any atom is 0.347 e. The molecule has 1 rings (SSSR count). The molecule has 7 nitrogen and oxygen atoms in total. The van der Waals surface area contributed by atoms with Gasteiger partial charge in [-0.1, -0.05) is 0 Å². The third-order valence-corrected chi connectivity index (χ3v) is 3.04. The molecule has 7 heteroatoms. The standard InChI is InChI=1S/C13H19N3O4/c1-4-14-11(17)5-6-16-9(3)10(7-12(18)19)8(2)15-13(16)20/h4-7H2,1-3H3,(H,14,17)(H,18,19). The van der Waals surface area contributed by atoms with Gasteiger partial charge in [0.15, 0.2) is 0 Å². The van der Waals surface area contributed by atoms with Gasteiger partial charge in [0.25, 0.3) is 0 Å². The van der Waals surface area contributed by atoms with Gasteiger partial charge in [0, 0.05) is 36.5 Å². The molecule has 0 spiro atoms. The number of rotatable bonds is 6. The van der Waals surface area contributed by atoms with Crippen LogP contribution in [0.1, 0.15) is 30.3 Å². The summed E-state index contributed by atoms with van der Waals surface area (Å²) in [7, 11) is 0. The molecule has 0 bridgehead atoms. The summed E-state index contributed by atoms with van der Waals surface area (Å²) >= 11 is 0. The van der Waals surface area contributed by atoms with Gasteiger partial charge in [-0.2, -0.15) is 4.98 Å². The van der Waals surface area contributed by atoms with Crippen LogP contribution in [0.15, 0.2) is 4.79 Å². The van der Waals surface area contributed by atoms with Crippen LogP contribution in [0, 0.1) is 13.8 Å². The molecule has 1 aromatic heterocycles. The van der Waals surface area contributed by atoms with Crippen molar-refractivity contribution in [2.75, 3.05) is 6.54 Å². The van der Waals surface area contributed by atoms with Gasteiger partial charge in [-0.15, -0.1) is 0 Å². The third kappa shape index (κ3) is 3.91. The van der Waals surface area contributed by atoms with E-state index in [0.717, 1.165) is 0 Å². The Kier molecular flexibility index (Phi) is 5.42. The van der Waals surface area contributed by atoms with Gasteiger partial charge in [-0.25, -0.2) is 4.79 Å². The minimum atomic E-state index is -0.980. The highest BCUT2D eigenvalue weighted by molar-refractivity contribution is 5.75. The second kappa shape index (κ2) is 6.83. The number of carboxylic acid groups (broad SMARTS) is 1. The van der Waals surface area contributed by atoms with Gasteiger partial charge in [-0.3, -0.25) is 14.2 Å². The molecule has 0 fully saturated rings. The number of nitrogens with one attached hydrogen (secondary N) is 1. The lowest BCUT2D eigenvalue weighted by molar-refractivity contribution is -0.136. The van der Waals surface area contributed by atoms with Crippen molar-refractivity contribution in [1.82, 2.24) is 14.9 Å². The van der Waals surface area contributed by atoms with E-state index in [1.807, 2.05) is 6.92 Å². The summed E-state index contributed by atoms with van der Waals surface area (Å²) in [5.41, 5.74) is 1.03. The van der Waals surface area contributed by atoms with Gasteiger partial charge in [-0.05, 0) is 20.8 Å². The number of aryl methyl sites for hydroxylation is 1. The molecule has 0 aromatic carbocycles. The maximum absolute atomic E-state index is 11.8. The van der Waals surface area contributed by atoms with E-state index < -0.39 is 11.7 Å². The first-order chi connectivity index (χ1) is 9.36. The van der Waals surface area contributed by atoms with Crippen molar-refractivity contribution in [2.24, 2.45) is 0 Å². The topological polar surface area (TPSA) is 101 Å². The Labute approximate surface area is 116 Å². The summed E-state index contributed by atoms with van der Waals surface area (Å²) in [5, 5.41) is 11.5. The van der Waals surface area contributed by atoms with Crippen molar-refractivity contribution in [3.63, 3.8) is 0 Å². The number of hydrogen-bond donors (Lipinski definition) is 2. The number of hydrogen-bond acceptors (Lipinski definition) is 4. The smallest absolute Gasteiger partial charge is 0.347 e. The molecule has 0 unspecified atom stereocenters. The maximum atomic E-state index is 11.8. The lowest BCUT2D eigenvalue weighted by Crippen LogP contribution is -2.31. The van der Waals surface area contributed by atoms with E-state index in [4.69, 9.17) is 5.11 Å². The quantitative estimate of drug-likeness (QED) is 0.765. The van der Waals surface area contributed by atoms with Gasteiger partial charge in [0.1, 0.15) is 0 Å². The van der Waals surface area contributed by atoms with Crippen LogP contribution in [0.2, 0.25) is 0 Å². The van der Waals surface area contributed by atoms with E-state index >= 15 is 0 Å². The summed E-state index contributed by atoms with van der Waals surface area (Å²) < 4.78 is 1.35. The van der Waals surface area contributed by atoms with Gasteiger partial charge >= 0.3 is 11.7 Å². The fourth-order valence-corrected chi connectivity index (χ4v) is 2.01. The molecule has 0 saturated heterocycles. The Morgan fingerprint density at radius 2 is 2.00 bits per heavy atom. The van der Waals surface area contributed by atoms with Gasteiger partial charge in [0.2, 0.25) is 5.91 Å². The van der Waals surface area contributed by atoms with Crippen LogP contribution in [0.25, 0.3) is 0 Å². The number of carbonyl (C=O) groups excluding carboxylic acids is 1. The molecule has 0 aliphatic carbocycles. The average Bonchev–Trinajstić information content (AvgIpc) is 2.34. The fourth-order valence-electron chi connectivity index (χ4n) is 2.01. The number of carbonyl (C=O) groups is 2. The molecular formula is C13H19N3O4. The first-order valence-electron chi connectivity index (χ1n) is 6.42. The number of aromatic nitrogens is 2. The van der Waals surface area contributed by atoms with E-state index in [1.54, 1.807) is 13.8 Å². The summed E-state index contributed by atoms with van der Waals surface area (Å²) in [4.78, 5) is 37.9. The first-order valence-corrected chi connectivity index (χ1v) is 6.42. The molecule has 0 atom stereocenters. The van der Waals surface area contributed by atoms with Crippen LogP contribution in [-0.4, -0.2) is 33.1 Å². The average molecular weight is 281 g/mol. The van der Waals surface area contributed by atoms with Crippen molar-refractivity contribution in [3.05, 3.63) is 27.4 Å². The highest BCUT2D eigenvalue weighted by Gasteiger charge is 2.14. The second-order valence-electron chi connectivity index (χ2n) is 4.47. The molecule has 2 N–H and O–H groups in total. The Morgan fingerprint density at radius 1 is 1.35 bits per heavy atom. The van der Waals surface area contributed by atoms with Gasteiger partial charge < -0.3 is 10.4 Å². The molecular weight excluding hydrogens is 262 g/mol. The van der Waals surface area contributed by atoms with Crippen LogP contribution in [0.4, 0.5) is 0 Å². The Bertz CT molecular complexity index is 578. The van der Waals surface area contributed by atoms with Crippen LogP contribution < -0.4 is 11.0 Å². The lowest BCUT2D eigenvalue weighted by Gasteiger charge is -2.14. The highest BCUT2D eigenvalue weighted by Crippen LogP contribution is 2.10. The minimum absolute atomic E-state index is 0.154. The third-order valence-electron chi connectivity index (χ3n) is 3.04. The Hall–Kier alpha value is -2.18.